The van der Waals surface area contributed by atoms with Crippen molar-refractivity contribution in [3.63, 3.8) is 0 Å². The number of sulfonamides is 1. The highest BCUT2D eigenvalue weighted by Gasteiger charge is 2.31. The summed E-state index contributed by atoms with van der Waals surface area (Å²) in [6, 6.07) is 12.5. The van der Waals surface area contributed by atoms with Gasteiger partial charge in [0.05, 0.1) is 0 Å². The Bertz CT molecular complexity index is 947. The van der Waals surface area contributed by atoms with E-state index in [4.69, 9.17) is 11.6 Å². The van der Waals surface area contributed by atoms with Gasteiger partial charge in [0, 0.05) is 37.7 Å². The number of piperazine rings is 1. The number of benzene rings is 2. The average Bonchev–Trinajstić information content (AvgIpc) is 2.68. The van der Waals surface area contributed by atoms with Crippen LogP contribution < -0.4 is 5.32 Å². The minimum Gasteiger partial charge on any atom is -0.338 e. The van der Waals surface area contributed by atoms with E-state index in [9.17, 15) is 17.6 Å². The van der Waals surface area contributed by atoms with E-state index < -0.39 is 15.8 Å². The zero-order valence-corrected chi connectivity index (χ0v) is 16.7. The molecule has 6 nitrogen and oxygen atoms in total. The highest BCUT2D eigenvalue weighted by atomic mass is 35.5. The van der Waals surface area contributed by atoms with Gasteiger partial charge in [-0.3, -0.25) is 0 Å². The summed E-state index contributed by atoms with van der Waals surface area (Å²) in [5.41, 5.74) is 1.02. The summed E-state index contributed by atoms with van der Waals surface area (Å²) >= 11 is 5.94. The van der Waals surface area contributed by atoms with Crippen LogP contribution in [0.2, 0.25) is 5.02 Å². The highest BCUT2D eigenvalue weighted by Crippen LogP contribution is 2.20. The molecule has 28 heavy (non-hydrogen) atoms. The molecular formula is C19H21ClFN3O3S. The Morgan fingerprint density at radius 1 is 1.07 bits per heavy atom. The number of rotatable bonds is 5. The van der Waals surface area contributed by atoms with Crippen LogP contribution in [0.3, 0.4) is 0 Å². The van der Waals surface area contributed by atoms with E-state index in [1.807, 2.05) is 18.2 Å². The Morgan fingerprint density at radius 2 is 1.79 bits per heavy atom. The molecule has 0 radical (unpaired) electrons. The van der Waals surface area contributed by atoms with E-state index in [-0.39, 0.29) is 37.1 Å². The van der Waals surface area contributed by atoms with Crippen molar-refractivity contribution in [2.75, 3.05) is 32.7 Å². The van der Waals surface area contributed by atoms with E-state index in [1.54, 1.807) is 11.0 Å². The monoisotopic (exact) mass is 425 g/mol. The van der Waals surface area contributed by atoms with Crippen LogP contribution in [0.5, 0.6) is 0 Å². The van der Waals surface area contributed by atoms with Gasteiger partial charge in [-0.2, -0.15) is 4.31 Å². The van der Waals surface area contributed by atoms with Gasteiger partial charge < -0.3 is 10.2 Å². The van der Waals surface area contributed by atoms with Crippen LogP contribution in [0.15, 0.2) is 53.4 Å². The number of urea groups is 1. The Hall–Kier alpha value is -2.16. The fraction of sp³-hybridized carbons (Fsp3) is 0.316. The number of carbonyl (C=O) groups is 1. The molecule has 3 rings (SSSR count). The number of carbonyl (C=O) groups excluding carboxylic acids is 1. The van der Waals surface area contributed by atoms with E-state index in [0.29, 0.717) is 18.0 Å². The number of hydrogen-bond donors (Lipinski definition) is 1. The summed E-state index contributed by atoms with van der Waals surface area (Å²) in [6.45, 7) is 1.19. The van der Waals surface area contributed by atoms with E-state index in [0.717, 1.165) is 11.6 Å². The molecule has 150 valence electrons. The second-order valence-electron chi connectivity index (χ2n) is 6.43. The first-order chi connectivity index (χ1) is 13.4. The van der Waals surface area contributed by atoms with Gasteiger partial charge in [0.2, 0.25) is 10.0 Å². The first kappa shape index (κ1) is 20.6. The van der Waals surface area contributed by atoms with Crippen molar-refractivity contribution < 1.29 is 17.6 Å². The van der Waals surface area contributed by atoms with Gasteiger partial charge in [-0.15, -0.1) is 0 Å². The average molecular weight is 426 g/mol. The highest BCUT2D eigenvalue weighted by molar-refractivity contribution is 7.89. The summed E-state index contributed by atoms with van der Waals surface area (Å²) in [5.74, 6) is -0.774. The normalized spacial score (nSPS) is 15.4. The lowest BCUT2D eigenvalue weighted by Crippen LogP contribution is -2.53. The molecule has 0 spiro atoms. The third kappa shape index (κ3) is 4.81. The van der Waals surface area contributed by atoms with Crippen LogP contribution in [-0.4, -0.2) is 56.4 Å². The molecule has 1 fully saturated rings. The van der Waals surface area contributed by atoms with Crippen molar-refractivity contribution in [1.82, 2.24) is 14.5 Å². The molecule has 2 amide bonds. The fourth-order valence-corrected chi connectivity index (χ4v) is 4.74. The number of hydrogen-bond acceptors (Lipinski definition) is 3. The lowest BCUT2D eigenvalue weighted by atomic mass is 10.1. The molecule has 1 saturated heterocycles. The van der Waals surface area contributed by atoms with Crippen LogP contribution in [0, 0.1) is 5.82 Å². The van der Waals surface area contributed by atoms with Crippen molar-refractivity contribution in [1.29, 1.82) is 0 Å². The standard InChI is InChI=1S/C19H21ClFN3O3S/c20-16-5-3-4-15(14-16)8-9-22-19(25)23-10-12-24(13-11-23)28(26,27)18-7-2-1-6-17(18)21/h1-7,14H,8-13H2,(H,22,25). The topological polar surface area (TPSA) is 69.7 Å². The quantitative estimate of drug-likeness (QED) is 0.800. The summed E-state index contributed by atoms with van der Waals surface area (Å²) in [5, 5.41) is 3.48. The van der Waals surface area contributed by atoms with Crippen molar-refractivity contribution >= 4 is 27.7 Å². The predicted molar refractivity (Wildman–Crippen MR) is 105 cm³/mol. The number of halogens is 2. The molecule has 9 heteroatoms. The van der Waals surface area contributed by atoms with Crippen molar-refractivity contribution in [3.8, 4) is 0 Å². The second kappa shape index (κ2) is 8.89. The van der Waals surface area contributed by atoms with E-state index in [1.165, 1.54) is 22.5 Å². The fourth-order valence-electron chi connectivity index (χ4n) is 3.04. The van der Waals surface area contributed by atoms with Crippen LogP contribution in [0.25, 0.3) is 0 Å². The molecular weight excluding hydrogens is 405 g/mol. The molecule has 0 aromatic heterocycles. The molecule has 1 aliphatic rings. The Kier molecular flexibility index (Phi) is 6.53. The summed E-state index contributed by atoms with van der Waals surface area (Å²) in [7, 11) is -3.91. The molecule has 0 bridgehead atoms. The molecule has 1 heterocycles. The van der Waals surface area contributed by atoms with Crippen LogP contribution in [0.1, 0.15) is 5.56 Å². The lowest BCUT2D eigenvalue weighted by Gasteiger charge is -2.34. The zero-order chi connectivity index (χ0) is 20.1. The second-order valence-corrected chi connectivity index (χ2v) is 8.78. The third-order valence-electron chi connectivity index (χ3n) is 4.56. The Labute approximate surface area is 168 Å². The minimum atomic E-state index is -3.91. The van der Waals surface area contributed by atoms with Gasteiger partial charge in [-0.25, -0.2) is 17.6 Å². The Balaban J connectivity index is 1.50. The maximum Gasteiger partial charge on any atom is 0.317 e. The van der Waals surface area contributed by atoms with Gasteiger partial charge in [0.15, 0.2) is 0 Å². The van der Waals surface area contributed by atoms with Gasteiger partial charge in [0.25, 0.3) is 0 Å². The minimum absolute atomic E-state index is 0.123. The van der Waals surface area contributed by atoms with E-state index in [2.05, 4.69) is 5.32 Å². The summed E-state index contributed by atoms with van der Waals surface area (Å²) in [6.07, 6.45) is 0.647. The third-order valence-corrected chi connectivity index (χ3v) is 6.73. The maximum absolute atomic E-state index is 13.9. The molecule has 2 aromatic rings. The number of nitrogens with zero attached hydrogens (tertiary/aromatic N) is 2. The van der Waals surface area contributed by atoms with Gasteiger partial charge in [-0.05, 0) is 36.2 Å². The molecule has 0 atom stereocenters. The molecule has 0 saturated carbocycles. The molecule has 0 unspecified atom stereocenters. The SMILES string of the molecule is O=C(NCCc1cccc(Cl)c1)N1CCN(S(=O)(=O)c2ccccc2F)CC1. The maximum atomic E-state index is 13.9. The number of nitrogens with one attached hydrogen (secondary N) is 1. The van der Waals surface area contributed by atoms with Crippen molar-refractivity contribution in [2.24, 2.45) is 0 Å². The van der Waals surface area contributed by atoms with Crippen LogP contribution >= 0.6 is 11.6 Å². The van der Waals surface area contributed by atoms with E-state index >= 15 is 0 Å². The van der Waals surface area contributed by atoms with Gasteiger partial charge in [0.1, 0.15) is 10.7 Å². The predicted octanol–water partition coefficient (Wildman–Crippen LogP) is 2.74. The van der Waals surface area contributed by atoms with Crippen molar-refractivity contribution in [2.45, 2.75) is 11.3 Å². The molecule has 1 N–H and O–H groups in total. The Morgan fingerprint density at radius 3 is 2.46 bits per heavy atom. The molecule has 0 aliphatic carbocycles. The van der Waals surface area contributed by atoms with Gasteiger partial charge >= 0.3 is 6.03 Å². The van der Waals surface area contributed by atoms with Crippen LogP contribution in [-0.2, 0) is 16.4 Å². The first-order valence-electron chi connectivity index (χ1n) is 8.90. The first-order valence-corrected chi connectivity index (χ1v) is 10.7. The summed E-state index contributed by atoms with van der Waals surface area (Å²) in [4.78, 5) is 13.5. The summed E-state index contributed by atoms with van der Waals surface area (Å²) < 4.78 is 40.3. The molecule has 2 aromatic carbocycles. The van der Waals surface area contributed by atoms with Crippen molar-refractivity contribution in [3.05, 3.63) is 64.9 Å². The lowest BCUT2D eigenvalue weighted by molar-refractivity contribution is 0.172. The van der Waals surface area contributed by atoms with Crippen LogP contribution in [0.4, 0.5) is 9.18 Å². The number of amides is 2. The zero-order valence-electron chi connectivity index (χ0n) is 15.1. The molecule has 1 aliphatic heterocycles. The van der Waals surface area contributed by atoms with Gasteiger partial charge in [-0.1, -0.05) is 35.9 Å². The largest absolute Gasteiger partial charge is 0.338 e. The smallest absolute Gasteiger partial charge is 0.317 e.